The Balaban J connectivity index is 1.88. The van der Waals surface area contributed by atoms with E-state index in [0.717, 1.165) is 12.8 Å². The maximum absolute atomic E-state index is 8.60. The number of nitriles is 2. The third-order valence-electron chi connectivity index (χ3n) is 5.08. The molecule has 0 spiro atoms. The molecule has 0 aliphatic heterocycles. The van der Waals surface area contributed by atoms with Crippen molar-refractivity contribution in [2.75, 3.05) is 0 Å². The van der Waals surface area contributed by atoms with E-state index >= 15 is 0 Å². The van der Waals surface area contributed by atoms with Crippen molar-refractivity contribution in [2.45, 2.75) is 37.5 Å². The first-order chi connectivity index (χ1) is 11.7. The molecule has 1 aliphatic rings. The zero-order valence-corrected chi connectivity index (χ0v) is 13.5. The largest absolute Gasteiger partial charge is 0.388 e. The minimum absolute atomic E-state index is 0.0444. The third kappa shape index (κ3) is 2.92. The van der Waals surface area contributed by atoms with Gasteiger partial charge in [-0.2, -0.15) is 0 Å². The fourth-order valence-electron chi connectivity index (χ4n) is 3.82. The van der Waals surface area contributed by atoms with Crippen LogP contribution >= 0.6 is 0 Å². The topological polar surface area (TPSA) is 66.0 Å². The molecule has 0 bridgehead atoms. The summed E-state index contributed by atoms with van der Waals surface area (Å²) in [7, 11) is 0. The molecule has 1 fully saturated rings. The molecule has 0 N–H and O–H groups in total. The highest BCUT2D eigenvalue weighted by Crippen LogP contribution is 2.51. The van der Waals surface area contributed by atoms with Crippen molar-refractivity contribution in [2.24, 2.45) is 0 Å². The molecule has 2 unspecified atom stereocenters. The Bertz CT molecular complexity index is 784. The summed E-state index contributed by atoms with van der Waals surface area (Å²) in [6.07, 6.45) is 6.82. The molecule has 1 aliphatic carbocycles. The number of benzene rings is 2. The van der Waals surface area contributed by atoms with E-state index in [0.29, 0.717) is 17.4 Å². The molecule has 0 radical (unpaired) electrons. The van der Waals surface area contributed by atoms with Gasteiger partial charge in [-0.1, -0.05) is 37.6 Å². The first kappa shape index (κ1) is 15.9. The smallest absolute Gasteiger partial charge is 0.292 e. The molecule has 0 amide bonds. The molecule has 0 heterocycles. The Morgan fingerprint density at radius 1 is 0.917 bits per heavy atom. The molecule has 2 atom stereocenters. The van der Waals surface area contributed by atoms with Gasteiger partial charge in [0.2, 0.25) is 0 Å². The summed E-state index contributed by atoms with van der Waals surface area (Å²) in [5, 5.41) is 17.2. The predicted octanol–water partition coefficient (Wildman–Crippen LogP) is 4.63. The van der Waals surface area contributed by atoms with Crippen LogP contribution in [0.3, 0.4) is 0 Å². The molecule has 3 rings (SSSR count). The Morgan fingerprint density at radius 2 is 1.46 bits per heavy atom. The fourth-order valence-corrected chi connectivity index (χ4v) is 3.82. The molecule has 1 saturated carbocycles. The van der Waals surface area contributed by atoms with Gasteiger partial charge in [-0.25, -0.2) is 0 Å². The van der Waals surface area contributed by atoms with Gasteiger partial charge in [-0.3, -0.25) is 0 Å². The van der Waals surface area contributed by atoms with Gasteiger partial charge in [0.05, 0.1) is 0 Å². The Kier molecular flexibility index (Phi) is 4.40. The lowest BCUT2D eigenvalue weighted by molar-refractivity contribution is 0.430. The number of ether oxygens (including phenoxy) is 2. The van der Waals surface area contributed by atoms with E-state index in [1.165, 1.54) is 17.5 Å². The average Bonchev–Trinajstić information content (AvgIpc) is 3.00. The van der Waals surface area contributed by atoms with Crippen molar-refractivity contribution in [1.29, 1.82) is 10.5 Å². The van der Waals surface area contributed by atoms with Crippen LogP contribution in [-0.2, 0) is 5.41 Å². The zero-order chi connectivity index (χ0) is 17.0. The van der Waals surface area contributed by atoms with E-state index in [9.17, 15) is 0 Å². The monoisotopic (exact) mass is 318 g/mol. The second-order valence-electron chi connectivity index (χ2n) is 6.34. The van der Waals surface area contributed by atoms with Crippen molar-refractivity contribution >= 4 is 0 Å². The molecule has 0 saturated heterocycles. The number of hydrogen-bond donors (Lipinski definition) is 0. The highest BCUT2D eigenvalue weighted by molar-refractivity contribution is 5.39. The molecule has 120 valence electrons. The van der Waals surface area contributed by atoms with Gasteiger partial charge in [0.1, 0.15) is 11.5 Å². The van der Waals surface area contributed by atoms with Crippen LogP contribution in [0, 0.1) is 23.0 Å². The van der Waals surface area contributed by atoms with Gasteiger partial charge in [-0.15, -0.1) is 10.5 Å². The van der Waals surface area contributed by atoms with E-state index in [4.69, 9.17) is 20.0 Å². The first-order valence-corrected chi connectivity index (χ1v) is 8.00. The summed E-state index contributed by atoms with van der Waals surface area (Å²) in [6, 6.07) is 15.6. The van der Waals surface area contributed by atoms with Crippen molar-refractivity contribution in [3.63, 3.8) is 0 Å². The first-order valence-electron chi connectivity index (χ1n) is 8.00. The van der Waals surface area contributed by atoms with Crippen molar-refractivity contribution in [1.82, 2.24) is 0 Å². The van der Waals surface area contributed by atoms with Gasteiger partial charge in [0.15, 0.2) is 0 Å². The highest BCUT2D eigenvalue weighted by atomic mass is 16.5. The molecular formula is C20H18N2O2. The summed E-state index contributed by atoms with van der Waals surface area (Å²) in [6.45, 7) is 2.30. The lowest BCUT2D eigenvalue weighted by Gasteiger charge is -2.33. The average molecular weight is 318 g/mol. The Hall–Kier alpha value is -2.98. The van der Waals surface area contributed by atoms with E-state index < -0.39 is 0 Å². The summed E-state index contributed by atoms with van der Waals surface area (Å²) >= 11 is 0. The lowest BCUT2D eigenvalue weighted by Crippen LogP contribution is -2.25. The van der Waals surface area contributed by atoms with Gasteiger partial charge in [-0.05, 0) is 59.6 Å². The van der Waals surface area contributed by atoms with Crippen molar-refractivity contribution in [3.05, 3.63) is 59.7 Å². The van der Waals surface area contributed by atoms with Crippen LogP contribution in [0.4, 0.5) is 0 Å². The molecule has 4 heteroatoms. The quantitative estimate of drug-likeness (QED) is 0.771. The van der Waals surface area contributed by atoms with Crippen LogP contribution in [0.1, 0.15) is 43.2 Å². The SMILES string of the molecule is CC1(c2ccc(OC#N)cc2)CCCC1c1ccc(OC#N)cc1. The zero-order valence-electron chi connectivity index (χ0n) is 13.5. The lowest BCUT2D eigenvalue weighted by atomic mass is 9.71. The minimum Gasteiger partial charge on any atom is -0.388 e. The summed E-state index contributed by atoms with van der Waals surface area (Å²) in [5.74, 6) is 1.55. The normalized spacial score (nSPS) is 22.4. The molecule has 4 nitrogen and oxygen atoms in total. The van der Waals surface area contributed by atoms with Crippen LogP contribution in [0.25, 0.3) is 0 Å². The van der Waals surface area contributed by atoms with E-state index in [1.807, 2.05) is 36.4 Å². The van der Waals surface area contributed by atoms with Crippen molar-refractivity contribution in [3.8, 4) is 24.0 Å². The maximum Gasteiger partial charge on any atom is 0.292 e. The highest BCUT2D eigenvalue weighted by Gasteiger charge is 2.40. The molecule has 2 aromatic carbocycles. The summed E-state index contributed by atoms with van der Waals surface area (Å²) in [4.78, 5) is 0. The van der Waals surface area contributed by atoms with Gasteiger partial charge >= 0.3 is 0 Å². The number of nitrogens with zero attached hydrogens (tertiary/aromatic N) is 2. The number of rotatable bonds is 4. The molecule has 0 aromatic heterocycles. The van der Waals surface area contributed by atoms with E-state index in [1.54, 1.807) is 12.5 Å². The van der Waals surface area contributed by atoms with Crippen LogP contribution in [0.2, 0.25) is 0 Å². The van der Waals surface area contributed by atoms with E-state index in [2.05, 4.69) is 19.1 Å². The third-order valence-corrected chi connectivity index (χ3v) is 5.08. The van der Waals surface area contributed by atoms with Crippen LogP contribution in [-0.4, -0.2) is 0 Å². The van der Waals surface area contributed by atoms with Crippen LogP contribution in [0.15, 0.2) is 48.5 Å². The summed E-state index contributed by atoms with van der Waals surface area (Å²) in [5.41, 5.74) is 2.56. The molecular weight excluding hydrogens is 300 g/mol. The number of hydrogen-bond acceptors (Lipinski definition) is 4. The predicted molar refractivity (Wildman–Crippen MR) is 89.3 cm³/mol. The van der Waals surface area contributed by atoms with Crippen molar-refractivity contribution < 1.29 is 9.47 Å². The second kappa shape index (κ2) is 6.64. The Morgan fingerprint density at radius 3 is 2.00 bits per heavy atom. The second-order valence-corrected chi connectivity index (χ2v) is 6.34. The molecule has 2 aromatic rings. The van der Waals surface area contributed by atoms with E-state index in [-0.39, 0.29) is 5.41 Å². The van der Waals surface area contributed by atoms with Gasteiger partial charge in [0.25, 0.3) is 12.5 Å². The summed E-state index contributed by atoms with van der Waals surface area (Å²) < 4.78 is 9.73. The van der Waals surface area contributed by atoms with Gasteiger partial charge < -0.3 is 9.47 Å². The molecule has 24 heavy (non-hydrogen) atoms. The van der Waals surface area contributed by atoms with Crippen LogP contribution in [0.5, 0.6) is 11.5 Å². The van der Waals surface area contributed by atoms with Crippen LogP contribution < -0.4 is 9.47 Å². The minimum atomic E-state index is 0.0444. The van der Waals surface area contributed by atoms with Gasteiger partial charge in [0, 0.05) is 0 Å². The Labute approximate surface area is 141 Å². The fraction of sp³-hybridized carbons (Fsp3) is 0.300. The standard InChI is InChI=1S/C20H18N2O2/c1-20(16-6-10-18(11-7-16)24-14-22)12-2-3-19(20)15-4-8-17(9-5-15)23-13-21/h4-11,19H,2-3,12H2,1H3. The maximum atomic E-state index is 8.60.